The average Bonchev–Trinajstić information content (AvgIpc) is 3.39. The Hall–Kier alpha value is -3.62. The molecule has 4 rings (SSSR count). The summed E-state index contributed by atoms with van der Waals surface area (Å²) >= 11 is 7.26. The molecule has 2 aromatic carbocycles. The number of fused-ring (bicyclic) bond motifs is 1. The Kier molecular flexibility index (Phi) is 7.00. The fraction of sp³-hybridized carbons (Fsp3) is 0.160. The molecular formula is C25H22ClN3O4S. The van der Waals surface area contributed by atoms with Crippen LogP contribution >= 0.6 is 22.9 Å². The van der Waals surface area contributed by atoms with Crippen LogP contribution in [0, 0.1) is 0 Å². The number of furan rings is 1. The van der Waals surface area contributed by atoms with Crippen molar-refractivity contribution in [1.82, 2.24) is 4.98 Å². The Morgan fingerprint density at radius 1 is 1.26 bits per heavy atom. The van der Waals surface area contributed by atoms with Gasteiger partial charge in [-0.05, 0) is 43.2 Å². The molecule has 7 nitrogen and oxygen atoms in total. The fourth-order valence-electron chi connectivity index (χ4n) is 3.53. The summed E-state index contributed by atoms with van der Waals surface area (Å²) in [5, 5.41) is 6.36. The Bertz CT molecular complexity index is 1390. The van der Waals surface area contributed by atoms with Gasteiger partial charge in [-0.25, -0.2) is 4.98 Å². The van der Waals surface area contributed by atoms with Crippen LogP contribution in [0.4, 0.5) is 5.13 Å². The van der Waals surface area contributed by atoms with E-state index in [1.54, 1.807) is 11.6 Å². The lowest BCUT2D eigenvalue weighted by molar-refractivity contribution is -0.117. The topological polar surface area (TPSA) is 107 Å². The number of aromatic nitrogens is 1. The van der Waals surface area contributed by atoms with Crippen molar-refractivity contribution in [1.29, 1.82) is 0 Å². The first-order valence-corrected chi connectivity index (χ1v) is 11.8. The van der Waals surface area contributed by atoms with Gasteiger partial charge in [-0.2, -0.15) is 0 Å². The van der Waals surface area contributed by atoms with Crippen molar-refractivity contribution in [2.24, 2.45) is 5.73 Å². The van der Waals surface area contributed by atoms with Gasteiger partial charge in [-0.15, -0.1) is 11.3 Å². The summed E-state index contributed by atoms with van der Waals surface area (Å²) in [6.07, 6.45) is 3.21. The lowest BCUT2D eigenvalue weighted by atomic mass is 9.99. The molecule has 2 amide bonds. The number of hydrogen-bond acceptors (Lipinski definition) is 6. The second-order valence-corrected chi connectivity index (χ2v) is 8.83. The highest BCUT2D eigenvalue weighted by Gasteiger charge is 2.16. The van der Waals surface area contributed by atoms with E-state index in [1.807, 2.05) is 50.2 Å². The maximum Gasteiger partial charge on any atom is 0.250 e. The Labute approximate surface area is 205 Å². The lowest BCUT2D eigenvalue weighted by Crippen LogP contribution is -2.14. The van der Waals surface area contributed by atoms with Crippen LogP contribution in [0.5, 0.6) is 5.75 Å². The van der Waals surface area contributed by atoms with Crippen molar-refractivity contribution in [2.45, 2.75) is 20.3 Å². The zero-order chi connectivity index (χ0) is 24.2. The summed E-state index contributed by atoms with van der Waals surface area (Å²) in [4.78, 5) is 27.9. The molecule has 0 bridgehead atoms. The lowest BCUT2D eigenvalue weighted by Gasteiger charge is -2.11. The standard InChI is InChI=1S/C25H22ClN3O4S/c1-3-32-21-11-22-19(20(12-33-22)15-4-6-16(26)7-5-15)10-18(21)14(2)8-24(31)29-25-28-17(13-34-25)9-23(27)30/h4-8,10-13H,3,9H2,1-2H3,(H2,27,30)(H,28,29,31)/b14-8+. The number of rotatable bonds is 8. The van der Waals surface area contributed by atoms with Crippen LogP contribution in [-0.4, -0.2) is 23.4 Å². The van der Waals surface area contributed by atoms with Crippen molar-refractivity contribution < 1.29 is 18.7 Å². The van der Waals surface area contributed by atoms with Gasteiger partial charge in [0.05, 0.1) is 25.0 Å². The summed E-state index contributed by atoms with van der Waals surface area (Å²) in [6.45, 7) is 4.20. The normalized spacial score (nSPS) is 11.6. The first-order valence-electron chi connectivity index (χ1n) is 10.5. The number of amides is 2. The number of carbonyl (C=O) groups is 2. The molecule has 3 N–H and O–H groups in total. The van der Waals surface area contributed by atoms with Crippen LogP contribution in [0.2, 0.25) is 5.02 Å². The van der Waals surface area contributed by atoms with E-state index < -0.39 is 5.91 Å². The summed E-state index contributed by atoms with van der Waals surface area (Å²) in [5.41, 5.74) is 9.76. The minimum Gasteiger partial charge on any atom is -0.493 e. The zero-order valence-corrected chi connectivity index (χ0v) is 20.1. The quantitative estimate of drug-likeness (QED) is 0.306. The third kappa shape index (κ3) is 5.30. The number of allylic oxidation sites excluding steroid dienone is 1. The molecule has 0 spiro atoms. The number of anilines is 1. The van der Waals surface area contributed by atoms with Crippen molar-refractivity contribution in [3.8, 4) is 16.9 Å². The number of nitrogens with zero attached hydrogens (tertiary/aromatic N) is 1. The summed E-state index contributed by atoms with van der Waals surface area (Å²) in [5.74, 6) is -0.202. The molecule has 4 aromatic rings. The van der Waals surface area contributed by atoms with Crippen molar-refractivity contribution in [2.75, 3.05) is 11.9 Å². The van der Waals surface area contributed by atoms with Gasteiger partial charge in [0.2, 0.25) is 11.8 Å². The van der Waals surface area contributed by atoms with Crippen LogP contribution < -0.4 is 15.8 Å². The molecule has 0 atom stereocenters. The van der Waals surface area contributed by atoms with Crippen molar-refractivity contribution >= 4 is 56.4 Å². The van der Waals surface area contributed by atoms with E-state index in [0.717, 1.165) is 22.1 Å². The molecule has 0 saturated carbocycles. The number of nitrogens with two attached hydrogens (primary N) is 1. The third-order valence-electron chi connectivity index (χ3n) is 5.04. The number of nitrogens with one attached hydrogen (secondary N) is 1. The summed E-state index contributed by atoms with van der Waals surface area (Å²) < 4.78 is 11.6. The first-order chi connectivity index (χ1) is 16.3. The summed E-state index contributed by atoms with van der Waals surface area (Å²) in [7, 11) is 0. The molecule has 2 heterocycles. The van der Waals surface area contributed by atoms with E-state index in [-0.39, 0.29) is 12.3 Å². The molecule has 0 fully saturated rings. The molecule has 9 heteroatoms. The predicted octanol–water partition coefficient (Wildman–Crippen LogP) is 5.68. The highest BCUT2D eigenvalue weighted by molar-refractivity contribution is 7.14. The van der Waals surface area contributed by atoms with Gasteiger partial charge < -0.3 is 14.9 Å². The monoisotopic (exact) mass is 495 g/mol. The Morgan fingerprint density at radius 3 is 2.74 bits per heavy atom. The second-order valence-electron chi connectivity index (χ2n) is 7.54. The van der Waals surface area contributed by atoms with Crippen molar-refractivity contribution in [3.05, 3.63) is 70.4 Å². The largest absolute Gasteiger partial charge is 0.493 e. The third-order valence-corrected chi connectivity index (χ3v) is 6.10. The SMILES string of the molecule is CCOc1cc2occ(-c3ccc(Cl)cc3)c2cc1/C(C)=C/C(=O)Nc1nc(CC(N)=O)cs1. The number of ether oxygens (including phenoxy) is 1. The molecular weight excluding hydrogens is 474 g/mol. The van der Waals surface area contributed by atoms with E-state index in [1.165, 1.54) is 17.4 Å². The van der Waals surface area contributed by atoms with Gasteiger partial charge in [0, 0.05) is 39.1 Å². The highest BCUT2D eigenvalue weighted by atomic mass is 35.5. The van der Waals surface area contributed by atoms with Gasteiger partial charge in [0.15, 0.2) is 5.13 Å². The van der Waals surface area contributed by atoms with E-state index in [2.05, 4.69) is 10.3 Å². The van der Waals surface area contributed by atoms with Gasteiger partial charge in [0.1, 0.15) is 11.3 Å². The molecule has 34 heavy (non-hydrogen) atoms. The van der Waals surface area contributed by atoms with Crippen LogP contribution in [0.1, 0.15) is 25.1 Å². The zero-order valence-electron chi connectivity index (χ0n) is 18.6. The number of primary amides is 1. The Balaban J connectivity index is 1.65. The van der Waals surface area contributed by atoms with E-state index >= 15 is 0 Å². The smallest absolute Gasteiger partial charge is 0.250 e. The highest BCUT2D eigenvalue weighted by Crippen LogP contribution is 2.37. The first kappa shape index (κ1) is 23.5. The minimum absolute atomic E-state index is 0.0274. The van der Waals surface area contributed by atoms with Crippen LogP contribution in [0.25, 0.3) is 27.7 Å². The molecule has 174 valence electrons. The molecule has 2 aromatic heterocycles. The molecule has 0 unspecified atom stereocenters. The fourth-order valence-corrected chi connectivity index (χ4v) is 4.37. The maximum absolute atomic E-state index is 12.6. The van der Waals surface area contributed by atoms with E-state index in [9.17, 15) is 9.59 Å². The van der Waals surface area contributed by atoms with Crippen LogP contribution in [0.3, 0.4) is 0 Å². The van der Waals surface area contributed by atoms with Gasteiger partial charge >= 0.3 is 0 Å². The molecule has 0 aliphatic carbocycles. The van der Waals surface area contributed by atoms with Gasteiger partial charge in [0.25, 0.3) is 0 Å². The number of carbonyl (C=O) groups excluding carboxylic acids is 2. The minimum atomic E-state index is -0.477. The molecule has 0 aliphatic rings. The Morgan fingerprint density at radius 2 is 2.03 bits per heavy atom. The second kappa shape index (κ2) is 10.1. The average molecular weight is 496 g/mol. The number of halogens is 1. The van der Waals surface area contributed by atoms with Crippen molar-refractivity contribution in [3.63, 3.8) is 0 Å². The number of thiazole rings is 1. The number of benzene rings is 2. The van der Waals surface area contributed by atoms with Gasteiger partial charge in [-0.1, -0.05) is 23.7 Å². The predicted molar refractivity (Wildman–Crippen MR) is 135 cm³/mol. The van der Waals surface area contributed by atoms with Crippen LogP contribution in [0.15, 0.2) is 58.5 Å². The number of hydrogen-bond donors (Lipinski definition) is 2. The van der Waals surface area contributed by atoms with E-state index in [4.69, 9.17) is 26.5 Å². The molecule has 0 aliphatic heterocycles. The van der Waals surface area contributed by atoms with Crippen LogP contribution in [-0.2, 0) is 16.0 Å². The van der Waals surface area contributed by atoms with Gasteiger partial charge in [-0.3, -0.25) is 14.9 Å². The van der Waals surface area contributed by atoms with E-state index in [0.29, 0.717) is 39.4 Å². The maximum atomic E-state index is 12.6. The molecule has 0 saturated heterocycles. The summed E-state index contributed by atoms with van der Waals surface area (Å²) in [6, 6.07) is 11.3. The molecule has 0 radical (unpaired) electrons.